The van der Waals surface area contributed by atoms with E-state index in [2.05, 4.69) is 27.8 Å². The van der Waals surface area contributed by atoms with Crippen LogP contribution in [-0.4, -0.2) is 11.5 Å². The highest BCUT2D eigenvalue weighted by molar-refractivity contribution is 7.10. The number of hydrogen-bond donors (Lipinski definition) is 1. The van der Waals surface area contributed by atoms with Gasteiger partial charge in [-0.3, -0.25) is 4.98 Å². The second-order valence-electron chi connectivity index (χ2n) is 2.97. The van der Waals surface area contributed by atoms with Gasteiger partial charge < -0.3 is 5.32 Å². The standard InChI is InChI=1S/C10H12N2S2/c1-2-9(13-5-1)3-4-11-6-10-7-12-8-14-10/h1-2,5,7-8,11H,3-4,6H2. The van der Waals surface area contributed by atoms with E-state index in [1.54, 1.807) is 11.3 Å². The molecule has 0 aliphatic rings. The van der Waals surface area contributed by atoms with E-state index in [0.29, 0.717) is 0 Å². The summed E-state index contributed by atoms with van der Waals surface area (Å²) in [7, 11) is 0. The van der Waals surface area contributed by atoms with Crippen LogP contribution in [0.15, 0.2) is 29.2 Å². The van der Waals surface area contributed by atoms with Gasteiger partial charge in [-0.2, -0.15) is 0 Å². The number of nitrogens with one attached hydrogen (secondary N) is 1. The molecule has 0 atom stereocenters. The van der Waals surface area contributed by atoms with Gasteiger partial charge >= 0.3 is 0 Å². The Balaban J connectivity index is 1.65. The average molecular weight is 224 g/mol. The number of thiophene rings is 1. The molecular weight excluding hydrogens is 212 g/mol. The topological polar surface area (TPSA) is 24.9 Å². The predicted octanol–water partition coefficient (Wildman–Crippen LogP) is 2.54. The van der Waals surface area contributed by atoms with Gasteiger partial charge in [0.2, 0.25) is 0 Å². The Morgan fingerprint density at radius 2 is 2.29 bits per heavy atom. The van der Waals surface area contributed by atoms with Gasteiger partial charge in [-0.15, -0.1) is 22.7 Å². The molecule has 0 aliphatic heterocycles. The van der Waals surface area contributed by atoms with Crippen LogP contribution in [0, 0.1) is 0 Å². The second-order valence-corrected chi connectivity index (χ2v) is 4.98. The van der Waals surface area contributed by atoms with Crippen molar-refractivity contribution in [3.05, 3.63) is 39.0 Å². The lowest BCUT2D eigenvalue weighted by Crippen LogP contribution is -2.15. The minimum Gasteiger partial charge on any atom is -0.311 e. The molecule has 4 heteroatoms. The molecule has 2 aromatic heterocycles. The zero-order chi connectivity index (χ0) is 9.64. The first kappa shape index (κ1) is 9.83. The number of rotatable bonds is 5. The summed E-state index contributed by atoms with van der Waals surface area (Å²) in [6, 6.07) is 4.28. The Morgan fingerprint density at radius 3 is 3.00 bits per heavy atom. The third-order valence-electron chi connectivity index (χ3n) is 1.91. The quantitative estimate of drug-likeness (QED) is 0.789. The summed E-state index contributed by atoms with van der Waals surface area (Å²) < 4.78 is 0. The minimum atomic E-state index is 0.941. The summed E-state index contributed by atoms with van der Waals surface area (Å²) in [5.41, 5.74) is 1.87. The Labute approximate surface area is 91.6 Å². The number of thiazole rings is 1. The maximum absolute atomic E-state index is 4.03. The van der Waals surface area contributed by atoms with Crippen LogP contribution in [0.2, 0.25) is 0 Å². The normalized spacial score (nSPS) is 10.6. The van der Waals surface area contributed by atoms with Gasteiger partial charge in [0.15, 0.2) is 0 Å². The predicted molar refractivity (Wildman–Crippen MR) is 61.8 cm³/mol. The Hall–Kier alpha value is -0.710. The van der Waals surface area contributed by atoms with E-state index in [1.807, 2.05) is 23.0 Å². The summed E-state index contributed by atoms with van der Waals surface area (Å²) in [6.45, 7) is 1.98. The maximum Gasteiger partial charge on any atom is 0.0794 e. The fourth-order valence-electron chi connectivity index (χ4n) is 1.21. The first-order valence-corrected chi connectivity index (χ1v) is 6.31. The van der Waals surface area contributed by atoms with E-state index in [-0.39, 0.29) is 0 Å². The number of nitrogens with zero attached hydrogens (tertiary/aromatic N) is 1. The SMILES string of the molecule is c1csc(CCNCc2cncs2)c1. The van der Waals surface area contributed by atoms with E-state index in [4.69, 9.17) is 0 Å². The van der Waals surface area contributed by atoms with Crippen molar-refractivity contribution in [3.63, 3.8) is 0 Å². The molecule has 0 saturated heterocycles. The molecule has 0 radical (unpaired) electrons. The molecule has 0 amide bonds. The van der Waals surface area contributed by atoms with Crippen molar-refractivity contribution in [1.82, 2.24) is 10.3 Å². The highest BCUT2D eigenvalue weighted by atomic mass is 32.1. The lowest BCUT2D eigenvalue weighted by atomic mass is 10.3. The smallest absolute Gasteiger partial charge is 0.0794 e. The van der Waals surface area contributed by atoms with Gasteiger partial charge in [0.05, 0.1) is 5.51 Å². The Kier molecular flexibility index (Phi) is 3.68. The summed E-state index contributed by atoms with van der Waals surface area (Å²) in [4.78, 5) is 6.78. The van der Waals surface area contributed by atoms with Crippen LogP contribution in [0.4, 0.5) is 0 Å². The van der Waals surface area contributed by atoms with E-state index < -0.39 is 0 Å². The van der Waals surface area contributed by atoms with E-state index >= 15 is 0 Å². The van der Waals surface area contributed by atoms with Crippen molar-refractivity contribution in [2.75, 3.05) is 6.54 Å². The number of hydrogen-bond acceptors (Lipinski definition) is 4. The molecule has 74 valence electrons. The molecule has 1 N–H and O–H groups in total. The molecule has 2 heterocycles. The molecule has 0 bridgehead atoms. The van der Waals surface area contributed by atoms with Gasteiger partial charge in [0, 0.05) is 29.0 Å². The molecule has 2 aromatic rings. The van der Waals surface area contributed by atoms with Crippen molar-refractivity contribution < 1.29 is 0 Å². The molecule has 0 fully saturated rings. The van der Waals surface area contributed by atoms with Crippen LogP contribution in [0.5, 0.6) is 0 Å². The Bertz CT molecular complexity index is 304. The largest absolute Gasteiger partial charge is 0.311 e. The van der Waals surface area contributed by atoms with Crippen LogP contribution in [0.25, 0.3) is 0 Å². The van der Waals surface area contributed by atoms with E-state index in [9.17, 15) is 0 Å². The summed E-state index contributed by atoms with van der Waals surface area (Å²) in [5, 5.41) is 5.53. The lowest BCUT2D eigenvalue weighted by molar-refractivity contribution is 0.696. The van der Waals surface area contributed by atoms with Crippen LogP contribution in [-0.2, 0) is 13.0 Å². The second kappa shape index (κ2) is 5.24. The highest BCUT2D eigenvalue weighted by Crippen LogP contribution is 2.08. The Morgan fingerprint density at radius 1 is 1.29 bits per heavy atom. The maximum atomic E-state index is 4.03. The van der Waals surface area contributed by atoms with E-state index in [1.165, 1.54) is 9.75 Å². The molecule has 0 saturated carbocycles. The molecule has 0 aromatic carbocycles. The van der Waals surface area contributed by atoms with Gasteiger partial charge in [0.25, 0.3) is 0 Å². The molecule has 0 spiro atoms. The van der Waals surface area contributed by atoms with Crippen LogP contribution in [0.3, 0.4) is 0 Å². The van der Waals surface area contributed by atoms with Gasteiger partial charge in [-0.1, -0.05) is 6.07 Å². The molecule has 0 unspecified atom stereocenters. The molecule has 14 heavy (non-hydrogen) atoms. The monoisotopic (exact) mass is 224 g/mol. The van der Waals surface area contributed by atoms with Crippen LogP contribution in [0.1, 0.15) is 9.75 Å². The summed E-state index contributed by atoms with van der Waals surface area (Å²) in [5.74, 6) is 0. The first-order chi connectivity index (χ1) is 6.95. The molecular formula is C10H12N2S2. The van der Waals surface area contributed by atoms with Gasteiger partial charge in [-0.05, 0) is 17.9 Å². The fraction of sp³-hybridized carbons (Fsp3) is 0.300. The molecule has 2 rings (SSSR count). The highest BCUT2D eigenvalue weighted by Gasteiger charge is 1.95. The third kappa shape index (κ3) is 2.90. The lowest BCUT2D eigenvalue weighted by Gasteiger charge is -2.00. The summed E-state index contributed by atoms with van der Waals surface area (Å²) in [6.07, 6.45) is 3.04. The van der Waals surface area contributed by atoms with Crippen molar-refractivity contribution in [2.45, 2.75) is 13.0 Å². The molecule has 2 nitrogen and oxygen atoms in total. The zero-order valence-electron chi connectivity index (χ0n) is 7.77. The summed E-state index contributed by atoms with van der Waals surface area (Å²) >= 11 is 3.52. The van der Waals surface area contributed by atoms with Gasteiger partial charge in [0.1, 0.15) is 0 Å². The van der Waals surface area contributed by atoms with Crippen molar-refractivity contribution >= 4 is 22.7 Å². The van der Waals surface area contributed by atoms with Crippen molar-refractivity contribution in [2.24, 2.45) is 0 Å². The third-order valence-corrected chi connectivity index (χ3v) is 3.63. The minimum absolute atomic E-state index is 0.941. The zero-order valence-corrected chi connectivity index (χ0v) is 9.40. The van der Waals surface area contributed by atoms with Crippen LogP contribution < -0.4 is 5.32 Å². The fourth-order valence-corrected chi connectivity index (χ4v) is 2.48. The molecule has 0 aliphatic carbocycles. The number of aromatic nitrogens is 1. The van der Waals surface area contributed by atoms with Crippen LogP contribution >= 0.6 is 22.7 Å². The average Bonchev–Trinajstić information content (AvgIpc) is 2.86. The van der Waals surface area contributed by atoms with Gasteiger partial charge in [-0.25, -0.2) is 0 Å². The van der Waals surface area contributed by atoms with E-state index in [0.717, 1.165) is 19.5 Å². The first-order valence-electron chi connectivity index (χ1n) is 4.55. The van der Waals surface area contributed by atoms with Crippen molar-refractivity contribution in [1.29, 1.82) is 0 Å². The van der Waals surface area contributed by atoms with Crippen molar-refractivity contribution in [3.8, 4) is 0 Å².